The summed E-state index contributed by atoms with van der Waals surface area (Å²) >= 11 is 0. The summed E-state index contributed by atoms with van der Waals surface area (Å²) in [4.78, 5) is 13.8. The molecule has 5 nitrogen and oxygen atoms in total. The third-order valence-corrected chi connectivity index (χ3v) is 6.34. The summed E-state index contributed by atoms with van der Waals surface area (Å²) in [5, 5.41) is 0. The van der Waals surface area contributed by atoms with Crippen LogP contribution in [0.5, 0.6) is 0 Å². The van der Waals surface area contributed by atoms with Crippen LogP contribution in [0.25, 0.3) is 5.78 Å². The lowest BCUT2D eigenvalue weighted by molar-refractivity contribution is 0.625. The van der Waals surface area contributed by atoms with E-state index in [0.29, 0.717) is 0 Å². The Labute approximate surface area is 188 Å². The average Bonchev–Trinajstić information content (AvgIpc) is 3.21. The summed E-state index contributed by atoms with van der Waals surface area (Å²) in [6, 6.07) is 17.7. The van der Waals surface area contributed by atoms with Crippen molar-refractivity contribution in [2.75, 3.05) is 36.0 Å². The van der Waals surface area contributed by atoms with Gasteiger partial charge in [0.1, 0.15) is 5.82 Å². The average molecular weight is 430 g/mol. The molecule has 164 valence electrons. The predicted octanol–water partition coefficient (Wildman–Crippen LogP) is 4.54. The van der Waals surface area contributed by atoms with Crippen molar-refractivity contribution in [3.8, 4) is 0 Å². The Morgan fingerprint density at radius 1 is 0.844 bits per heavy atom. The molecule has 32 heavy (non-hydrogen) atoms. The first-order valence-electron chi connectivity index (χ1n) is 11.4. The summed E-state index contributed by atoms with van der Waals surface area (Å²) in [5.74, 6) is 0.603. The fourth-order valence-electron chi connectivity index (χ4n) is 4.54. The van der Waals surface area contributed by atoms with Crippen LogP contribution in [0.2, 0.25) is 0 Å². The maximum Gasteiger partial charge on any atom is 0.234 e. The van der Waals surface area contributed by atoms with Crippen LogP contribution in [0.3, 0.4) is 0 Å². The Bertz CT molecular complexity index is 1180. The predicted molar refractivity (Wildman–Crippen MR) is 127 cm³/mol. The molecule has 0 atom stereocenters. The van der Waals surface area contributed by atoms with Gasteiger partial charge in [-0.3, -0.25) is 4.40 Å². The van der Waals surface area contributed by atoms with Gasteiger partial charge in [-0.15, -0.1) is 0 Å². The van der Waals surface area contributed by atoms with E-state index in [-0.39, 0.29) is 5.82 Å². The van der Waals surface area contributed by atoms with Gasteiger partial charge in [0.2, 0.25) is 5.78 Å². The van der Waals surface area contributed by atoms with E-state index in [4.69, 9.17) is 0 Å². The van der Waals surface area contributed by atoms with Crippen molar-refractivity contribution < 1.29 is 4.39 Å². The van der Waals surface area contributed by atoms with Gasteiger partial charge in [-0.2, -0.15) is 0 Å². The van der Waals surface area contributed by atoms with Gasteiger partial charge < -0.3 is 9.80 Å². The highest BCUT2D eigenvalue weighted by Crippen LogP contribution is 2.22. The number of benzene rings is 2. The van der Waals surface area contributed by atoms with E-state index in [2.05, 4.69) is 61.6 Å². The van der Waals surface area contributed by atoms with Gasteiger partial charge in [0.05, 0.1) is 5.69 Å². The van der Waals surface area contributed by atoms with Gasteiger partial charge in [-0.1, -0.05) is 19.1 Å². The number of fused-ring (bicyclic) bond motifs is 1. The highest BCUT2D eigenvalue weighted by Gasteiger charge is 2.18. The van der Waals surface area contributed by atoms with Crippen molar-refractivity contribution in [3.63, 3.8) is 0 Å². The first-order valence-corrected chi connectivity index (χ1v) is 11.4. The topological polar surface area (TPSA) is 36.7 Å². The van der Waals surface area contributed by atoms with E-state index in [9.17, 15) is 4.39 Å². The number of rotatable bonds is 6. The minimum absolute atomic E-state index is 0.184. The fourth-order valence-corrected chi connectivity index (χ4v) is 4.54. The molecule has 0 spiro atoms. The summed E-state index contributed by atoms with van der Waals surface area (Å²) in [7, 11) is 0. The highest BCUT2D eigenvalue weighted by atomic mass is 19.1. The van der Waals surface area contributed by atoms with Gasteiger partial charge in [-0.05, 0) is 67.3 Å². The Kier molecular flexibility index (Phi) is 5.75. The van der Waals surface area contributed by atoms with Gasteiger partial charge >= 0.3 is 0 Å². The SMILES string of the molecule is CCc1nc2ncccn2c1CCc1ccc(N2CCN(c3ccc(F)cc3)CC2)cc1. The maximum atomic E-state index is 13.2. The molecule has 1 fully saturated rings. The highest BCUT2D eigenvalue weighted by molar-refractivity contribution is 5.52. The lowest BCUT2D eigenvalue weighted by Crippen LogP contribution is -2.46. The number of hydrogen-bond donors (Lipinski definition) is 0. The largest absolute Gasteiger partial charge is 0.368 e. The summed E-state index contributed by atoms with van der Waals surface area (Å²) < 4.78 is 15.3. The van der Waals surface area contributed by atoms with Crippen molar-refractivity contribution in [1.82, 2.24) is 14.4 Å². The first-order chi connectivity index (χ1) is 15.7. The number of imidazole rings is 1. The van der Waals surface area contributed by atoms with Crippen LogP contribution >= 0.6 is 0 Å². The van der Waals surface area contributed by atoms with E-state index in [1.54, 1.807) is 6.20 Å². The Hall–Kier alpha value is -3.41. The summed E-state index contributed by atoms with van der Waals surface area (Å²) in [6.45, 7) is 5.96. The molecule has 1 saturated heterocycles. The second-order valence-electron chi connectivity index (χ2n) is 8.27. The molecule has 0 bridgehead atoms. The van der Waals surface area contributed by atoms with Crippen LogP contribution in [0.1, 0.15) is 23.9 Å². The Morgan fingerprint density at radius 3 is 2.09 bits per heavy atom. The molecule has 1 aliphatic heterocycles. The van der Waals surface area contributed by atoms with Crippen LogP contribution in [0.15, 0.2) is 67.0 Å². The molecule has 2 aromatic heterocycles. The molecule has 0 amide bonds. The van der Waals surface area contributed by atoms with Crippen LogP contribution in [0, 0.1) is 5.82 Å². The van der Waals surface area contributed by atoms with Crippen molar-refractivity contribution >= 4 is 17.2 Å². The van der Waals surface area contributed by atoms with Crippen LogP contribution in [0.4, 0.5) is 15.8 Å². The first kappa shape index (κ1) is 20.5. The maximum absolute atomic E-state index is 13.2. The molecule has 0 unspecified atom stereocenters. The number of aromatic nitrogens is 3. The van der Waals surface area contributed by atoms with E-state index >= 15 is 0 Å². The zero-order chi connectivity index (χ0) is 21.9. The van der Waals surface area contributed by atoms with Crippen LogP contribution in [-0.2, 0) is 19.3 Å². The second kappa shape index (κ2) is 8.99. The van der Waals surface area contributed by atoms with Gasteiger partial charge in [0.25, 0.3) is 0 Å². The lowest BCUT2D eigenvalue weighted by Gasteiger charge is -2.37. The van der Waals surface area contributed by atoms with Gasteiger partial charge in [-0.25, -0.2) is 14.4 Å². The molecule has 2 aromatic carbocycles. The summed E-state index contributed by atoms with van der Waals surface area (Å²) in [5.41, 5.74) is 6.09. The van der Waals surface area contributed by atoms with Crippen LogP contribution in [-0.4, -0.2) is 40.5 Å². The molecule has 5 rings (SSSR count). The molecule has 0 saturated carbocycles. The molecule has 0 aliphatic carbocycles. The zero-order valence-corrected chi connectivity index (χ0v) is 18.4. The van der Waals surface area contributed by atoms with Crippen molar-refractivity contribution in [2.24, 2.45) is 0 Å². The number of halogens is 1. The third-order valence-electron chi connectivity index (χ3n) is 6.34. The molecule has 1 aliphatic rings. The number of nitrogens with zero attached hydrogens (tertiary/aromatic N) is 5. The monoisotopic (exact) mass is 429 g/mol. The minimum Gasteiger partial charge on any atom is -0.368 e. The normalized spacial score (nSPS) is 14.3. The molecule has 0 N–H and O–H groups in total. The van der Waals surface area contributed by atoms with Crippen molar-refractivity contribution in [2.45, 2.75) is 26.2 Å². The van der Waals surface area contributed by atoms with E-state index in [1.807, 2.05) is 18.2 Å². The third kappa shape index (κ3) is 4.17. The fraction of sp³-hybridized carbons (Fsp3) is 0.308. The molecule has 0 radical (unpaired) electrons. The standard InChI is InChI=1S/C26H28FN5/c1-2-24-25(32-15-3-14-28-26(32)29-24)13-6-20-4-9-22(10-5-20)30-16-18-31(19-17-30)23-11-7-21(27)8-12-23/h3-5,7-12,14-15H,2,6,13,16-19H2,1H3. The number of anilines is 2. The molecule has 4 aromatic rings. The lowest BCUT2D eigenvalue weighted by atomic mass is 10.1. The second-order valence-corrected chi connectivity index (χ2v) is 8.27. The van der Waals surface area contributed by atoms with Gasteiger partial charge in [0, 0.05) is 55.6 Å². The van der Waals surface area contributed by atoms with Crippen molar-refractivity contribution in [1.29, 1.82) is 0 Å². The Morgan fingerprint density at radius 2 is 1.47 bits per heavy atom. The van der Waals surface area contributed by atoms with Gasteiger partial charge in [0.15, 0.2) is 0 Å². The molecule has 3 heterocycles. The number of piperazine rings is 1. The molecular formula is C26H28FN5. The van der Waals surface area contributed by atoms with E-state index < -0.39 is 0 Å². The minimum atomic E-state index is -0.184. The number of aryl methyl sites for hydroxylation is 3. The van der Waals surface area contributed by atoms with E-state index in [1.165, 1.54) is 29.1 Å². The van der Waals surface area contributed by atoms with E-state index in [0.717, 1.165) is 62.6 Å². The summed E-state index contributed by atoms with van der Waals surface area (Å²) in [6.07, 6.45) is 6.70. The van der Waals surface area contributed by atoms with Crippen LogP contribution < -0.4 is 9.80 Å². The quantitative estimate of drug-likeness (QED) is 0.451. The molecular weight excluding hydrogens is 401 g/mol. The zero-order valence-electron chi connectivity index (χ0n) is 18.4. The smallest absolute Gasteiger partial charge is 0.234 e. The van der Waals surface area contributed by atoms with Crippen molar-refractivity contribution in [3.05, 3.63) is 89.8 Å². The number of hydrogen-bond acceptors (Lipinski definition) is 4. The molecule has 6 heteroatoms. The Balaban J connectivity index is 1.20.